The average molecular weight is 290 g/mol. The molecule has 0 fully saturated rings. The molecule has 0 radical (unpaired) electrons. The van der Waals surface area contributed by atoms with Crippen molar-refractivity contribution in [2.75, 3.05) is 0 Å². The highest BCUT2D eigenvalue weighted by atomic mass is 16.3. The van der Waals surface area contributed by atoms with Crippen molar-refractivity contribution in [3.63, 3.8) is 0 Å². The predicted octanol–water partition coefficient (Wildman–Crippen LogP) is 5.83. The van der Waals surface area contributed by atoms with Crippen LogP contribution in [0.25, 0.3) is 24.3 Å². The van der Waals surface area contributed by atoms with E-state index in [-0.39, 0.29) is 0 Å². The van der Waals surface area contributed by atoms with Gasteiger partial charge in [0.15, 0.2) is 0 Å². The summed E-state index contributed by atoms with van der Waals surface area (Å²) >= 11 is 0. The van der Waals surface area contributed by atoms with Gasteiger partial charge >= 0.3 is 0 Å². The summed E-state index contributed by atoms with van der Waals surface area (Å²) in [6, 6.07) is 16.2. The van der Waals surface area contributed by atoms with Crippen LogP contribution in [0.2, 0.25) is 0 Å². The van der Waals surface area contributed by atoms with Crippen molar-refractivity contribution >= 4 is 24.3 Å². The maximum Gasteiger partial charge on any atom is 0.127 e. The maximum atomic E-state index is 5.51. The molecule has 3 aromatic rings. The summed E-state index contributed by atoms with van der Waals surface area (Å²) in [6.07, 6.45) is 8.04. The second-order valence-corrected chi connectivity index (χ2v) is 5.23. The molecule has 0 unspecified atom stereocenters. The van der Waals surface area contributed by atoms with Gasteiger partial charge in [-0.15, -0.1) is 0 Å². The van der Waals surface area contributed by atoms with E-state index in [1.165, 1.54) is 0 Å². The SMILES string of the molecule is Cc1ccc(/C=C/c2ccc(/C=C/c3ccc(C)o3)cc2)o1. The van der Waals surface area contributed by atoms with Crippen molar-refractivity contribution in [1.82, 2.24) is 0 Å². The van der Waals surface area contributed by atoms with E-state index in [2.05, 4.69) is 24.3 Å². The summed E-state index contributed by atoms with van der Waals surface area (Å²) < 4.78 is 11.0. The zero-order valence-corrected chi connectivity index (χ0v) is 12.7. The Morgan fingerprint density at radius 2 is 0.955 bits per heavy atom. The maximum absolute atomic E-state index is 5.51. The smallest absolute Gasteiger partial charge is 0.127 e. The molecule has 2 heteroatoms. The van der Waals surface area contributed by atoms with Crippen molar-refractivity contribution in [3.8, 4) is 0 Å². The summed E-state index contributed by atoms with van der Waals surface area (Å²) in [7, 11) is 0. The van der Waals surface area contributed by atoms with Crippen LogP contribution < -0.4 is 0 Å². The monoisotopic (exact) mass is 290 g/mol. The Bertz CT molecular complexity index is 729. The minimum absolute atomic E-state index is 0.870. The van der Waals surface area contributed by atoms with Gasteiger partial charge in [0.25, 0.3) is 0 Å². The fraction of sp³-hybridized carbons (Fsp3) is 0.100. The van der Waals surface area contributed by atoms with Crippen molar-refractivity contribution in [2.45, 2.75) is 13.8 Å². The lowest BCUT2D eigenvalue weighted by Gasteiger charge is -1.96. The first-order valence-corrected chi connectivity index (χ1v) is 7.28. The van der Waals surface area contributed by atoms with Crippen LogP contribution in [0.1, 0.15) is 34.2 Å². The minimum Gasteiger partial charge on any atom is -0.462 e. The quantitative estimate of drug-likeness (QED) is 0.604. The first-order chi connectivity index (χ1) is 10.7. The molecule has 0 saturated carbocycles. The van der Waals surface area contributed by atoms with Gasteiger partial charge in [0.2, 0.25) is 0 Å². The van der Waals surface area contributed by atoms with E-state index in [0.717, 1.165) is 34.2 Å². The highest BCUT2D eigenvalue weighted by Crippen LogP contribution is 2.14. The largest absolute Gasteiger partial charge is 0.462 e. The van der Waals surface area contributed by atoms with E-state index in [1.54, 1.807) is 0 Å². The molecule has 22 heavy (non-hydrogen) atoms. The number of furan rings is 2. The van der Waals surface area contributed by atoms with E-state index in [4.69, 9.17) is 8.83 Å². The molecule has 0 aliphatic heterocycles. The molecule has 0 bridgehead atoms. The Balaban J connectivity index is 1.67. The highest BCUT2D eigenvalue weighted by molar-refractivity contribution is 5.71. The Morgan fingerprint density at radius 3 is 1.27 bits per heavy atom. The number of rotatable bonds is 4. The third-order valence-corrected chi connectivity index (χ3v) is 3.34. The van der Waals surface area contributed by atoms with Gasteiger partial charge in [0, 0.05) is 0 Å². The first-order valence-electron chi connectivity index (χ1n) is 7.28. The van der Waals surface area contributed by atoms with Crippen LogP contribution in [0, 0.1) is 13.8 Å². The van der Waals surface area contributed by atoms with Gasteiger partial charge < -0.3 is 8.83 Å². The van der Waals surface area contributed by atoms with Crippen LogP contribution >= 0.6 is 0 Å². The standard InChI is InChI=1S/C20H18O2/c1-15-3-11-19(21-15)13-9-17-5-7-18(8-6-17)10-14-20-12-4-16(2)22-20/h3-14H,1-2H3/b13-9+,14-10+. The van der Waals surface area contributed by atoms with Gasteiger partial charge in [-0.3, -0.25) is 0 Å². The van der Waals surface area contributed by atoms with Gasteiger partial charge in [0.1, 0.15) is 23.0 Å². The lowest BCUT2D eigenvalue weighted by Crippen LogP contribution is -1.74. The summed E-state index contributed by atoms with van der Waals surface area (Å²) in [4.78, 5) is 0. The predicted molar refractivity (Wildman–Crippen MR) is 91.2 cm³/mol. The number of benzene rings is 1. The lowest BCUT2D eigenvalue weighted by atomic mass is 10.1. The van der Waals surface area contributed by atoms with E-state index < -0.39 is 0 Å². The Labute approximate surface area is 130 Å². The zero-order chi connectivity index (χ0) is 15.4. The summed E-state index contributed by atoms with van der Waals surface area (Å²) in [5, 5.41) is 0. The average Bonchev–Trinajstić information content (AvgIpc) is 3.12. The number of aryl methyl sites for hydroxylation is 2. The fourth-order valence-electron chi connectivity index (χ4n) is 2.16. The van der Waals surface area contributed by atoms with Crippen LogP contribution in [-0.4, -0.2) is 0 Å². The van der Waals surface area contributed by atoms with Gasteiger partial charge in [-0.25, -0.2) is 0 Å². The molecule has 0 saturated heterocycles. The van der Waals surface area contributed by atoms with Crippen LogP contribution in [0.4, 0.5) is 0 Å². The van der Waals surface area contributed by atoms with Gasteiger partial charge in [-0.2, -0.15) is 0 Å². The van der Waals surface area contributed by atoms with Gasteiger partial charge in [0.05, 0.1) is 0 Å². The third-order valence-electron chi connectivity index (χ3n) is 3.34. The molecule has 1 aromatic carbocycles. The second-order valence-electron chi connectivity index (χ2n) is 5.23. The van der Waals surface area contributed by atoms with Crippen molar-refractivity contribution in [3.05, 3.63) is 82.7 Å². The summed E-state index contributed by atoms with van der Waals surface area (Å²) in [5.74, 6) is 3.59. The molecule has 110 valence electrons. The molecule has 0 aliphatic carbocycles. The Morgan fingerprint density at radius 1 is 0.545 bits per heavy atom. The molecule has 0 aliphatic rings. The zero-order valence-electron chi connectivity index (χ0n) is 12.7. The van der Waals surface area contributed by atoms with Crippen molar-refractivity contribution in [2.24, 2.45) is 0 Å². The number of hydrogen-bond donors (Lipinski definition) is 0. The van der Waals surface area contributed by atoms with E-state index in [1.807, 2.05) is 62.4 Å². The normalized spacial score (nSPS) is 11.7. The molecule has 3 rings (SSSR count). The molecule has 2 nitrogen and oxygen atoms in total. The molecule has 2 heterocycles. The molecule has 0 N–H and O–H groups in total. The molecule has 0 atom stereocenters. The third kappa shape index (κ3) is 3.67. The number of hydrogen-bond acceptors (Lipinski definition) is 2. The Hall–Kier alpha value is -2.74. The van der Waals surface area contributed by atoms with Gasteiger partial charge in [-0.1, -0.05) is 36.4 Å². The van der Waals surface area contributed by atoms with E-state index in [9.17, 15) is 0 Å². The Kier molecular flexibility index (Phi) is 4.10. The molecular weight excluding hydrogens is 272 g/mol. The van der Waals surface area contributed by atoms with Gasteiger partial charge in [-0.05, 0) is 61.4 Å². The topological polar surface area (TPSA) is 26.3 Å². The molecule has 2 aromatic heterocycles. The summed E-state index contributed by atoms with van der Waals surface area (Å²) in [5.41, 5.74) is 2.28. The second kappa shape index (κ2) is 6.35. The van der Waals surface area contributed by atoms with Crippen molar-refractivity contribution < 1.29 is 8.83 Å². The highest BCUT2D eigenvalue weighted by Gasteiger charge is 1.95. The molecular formula is C20H18O2. The van der Waals surface area contributed by atoms with Crippen LogP contribution in [0.3, 0.4) is 0 Å². The lowest BCUT2D eigenvalue weighted by molar-refractivity contribution is 0.525. The van der Waals surface area contributed by atoms with E-state index >= 15 is 0 Å². The fourth-order valence-corrected chi connectivity index (χ4v) is 2.16. The van der Waals surface area contributed by atoms with Crippen LogP contribution in [-0.2, 0) is 0 Å². The molecule has 0 spiro atoms. The van der Waals surface area contributed by atoms with Crippen LogP contribution in [0.15, 0.2) is 57.4 Å². The first kappa shape index (κ1) is 14.2. The molecule has 0 amide bonds. The van der Waals surface area contributed by atoms with E-state index in [0.29, 0.717) is 0 Å². The summed E-state index contributed by atoms with van der Waals surface area (Å²) in [6.45, 7) is 3.89. The van der Waals surface area contributed by atoms with Crippen LogP contribution in [0.5, 0.6) is 0 Å². The van der Waals surface area contributed by atoms with Crippen molar-refractivity contribution in [1.29, 1.82) is 0 Å². The minimum atomic E-state index is 0.870.